The number of nitrogens with zero attached hydrogens (tertiary/aromatic N) is 1. The van der Waals surface area contributed by atoms with Crippen LogP contribution in [0.3, 0.4) is 0 Å². The van der Waals surface area contributed by atoms with Crippen LogP contribution in [0.2, 0.25) is 0 Å². The summed E-state index contributed by atoms with van der Waals surface area (Å²) in [4.78, 5) is 21.9. The summed E-state index contributed by atoms with van der Waals surface area (Å²) in [6, 6.07) is 14.2. The zero-order chi connectivity index (χ0) is 18.5. The molecule has 3 heterocycles. The van der Waals surface area contributed by atoms with Gasteiger partial charge in [0.25, 0.3) is 5.91 Å². The molecule has 0 saturated carbocycles. The summed E-state index contributed by atoms with van der Waals surface area (Å²) in [6.45, 7) is 3.33. The minimum Gasteiger partial charge on any atom is -0.497 e. The minimum atomic E-state index is 0.0481. The Kier molecular flexibility index (Phi) is 3.50. The third-order valence-corrected chi connectivity index (χ3v) is 5.65. The Morgan fingerprint density at radius 2 is 1.89 bits per heavy atom. The van der Waals surface area contributed by atoms with Crippen LogP contribution in [-0.4, -0.2) is 34.4 Å². The second kappa shape index (κ2) is 5.91. The van der Waals surface area contributed by atoms with E-state index in [-0.39, 0.29) is 5.91 Å². The lowest BCUT2D eigenvalue weighted by molar-refractivity contribution is 0.0727. The zero-order valence-electron chi connectivity index (χ0n) is 15.4. The van der Waals surface area contributed by atoms with Crippen molar-refractivity contribution in [2.45, 2.75) is 19.9 Å². The van der Waals surface area contributed by atoms with Gasteiger partial charge in [-0.05, 0) is 48.7 Å². The van der Waals surface area contributed by atoms with E-state index >= 15 is 0 Å². The summed E-state index contributed by atoms with van der Waals surface area (Å²) in [5.74, 6) is 0.844. The summed E-state index contributed by atoms with van der Waals surface area (Å²) >= 11 is 0. The van der Waals surface area contributed by atoms with Gasteiger partial charge in [0.05, 0.1) is 13.7 Å². The van der Waals surface area contributed by atoms with Crippen molar-refractivity contribution in [1.29, 1.82) is 0 Å². The number of carbonyl (C=O) groups is 1. The van der Waals surface area contributed by atoms with Gasteiger partial charge in [-0.1, -0.05) is 18.2 Å². The van der Waals surface area contributed by atoms with E-state index in [2.05, 4.69) is 28.2 Å². The topological polar surface area (TPSA) is 61.1 Å². The average molecular weight is 359 g/mol. The van der Waals surface area contributed by atoms with E-state index in [1.807, 2.05) is 36.1 Å². The third-order valence-electron chi connectivity index (χ3n) is 5.65. The van der Waals surface area contributed by atoms with Crippen LogP contribution in [-0.2, 0) is 13.0 Å². The molecule has 0 bridgehead atoms. The number of aromatic amines is 2. The van der Waals surface area contributed by atoms with E-state index in [9.17, 15) is 4.79 Å². The Bertz CT molecular complexity index is 1190. The number of aromatic nitrogens is 2. The fourth-order valence-electron chi connectivity index (χ4n) is 4.17. The Labute approximate surface area is 156 Å². The maximum Gasteiger partial charge on any atom is 0.270 e. The number of methoxy groups -OCH3 is 1. The lowest BCUT2D eigenvalue weighted by atomic mass is 10.0. The Morgan fingerprint density at radius 1 is 1.07 bits per heavy atom. The normalized spacial score (nSPS) is 13.9. The number of carbonyl (C=O) groups excluding carboxylic acids is 1. The predicted molar refractivity (Wildman–Crippen MR) is 106 cm³/mol. The first kappa shape index (κ1) is 16.0. The van der Waals surface area contributed by atoms with Gasteiger partial charge in [-0.25, -0.2) is 0 Å². The van der Waals surface area contributed by atoms with Crippen LogP contribution >= 0.6 is 0 Å². The van der Waals surface area contributed by atoms with Crippen molar-refractivity contribution >= 4 is 27.7 Å². The molecule has 5 heteroatoms. The van der Waals surface area contributed by atoms with Gasteiger partial charge >= 0.3 is 0 Å². The molecule has 136 valence electrons. The molecule has 0 unspecified atom stereocenters. The van der Waals surface area contributed by atoms with E-state index in [0.29, 0.717) is 12.2 Å². The standard InChI is InChI=1S/C22H21N3O2/c1-13-17-11-14(27-2)7-8-19(17)24-21(13)22(26)25-10-9-16-15-5-3-4-6-18(15)23-20(16)12-25/h3-8,11,23-24H,9-10,12H2,1-2H3. The fourth-order valence-corrected chi connectivity index (χ4v) is 4.17. The molecule has 27 heavy (non-hydrogen) atoms. The van der Waals surface area contributed by atoms with E-state index in [0.717, 1.165) is 46.4 Å². The van der Waals surface area contributed by atoms with E-state index in [4.69, 9.17) is 4.74 Å². The van der Waals surface area contributed by atoms with Crippen LogP contribution < -0.4 is 4.74 Å². The molecule has 1 aliphatic rings. The molecule has 1 amide bonds. The number of para-hydroxylation sites is 1. The van der Waals surface area contributed by atoms with Crippen molar-refractivity contribution in [2.75, 3.05) is 13.7 Å². The van der Waals surface area contributed by atoms with Crippen molar-refractivity contribution in [2.24, 2.45) is 0 Å². The second-order valence-corrected chi connectivity index (χ2v) is 7.14. The van der Waals surface area contributed by atoms with E-state index in [1.165, 1.54) is 10.9 Å². The monoisotopic (exact) mass is 359 g/mol. The molecule has 2 aromatic carbocycles. The number of nitrogens with one attached hydrogen (secondary N) is 2. The molecular formula is C22H21N3O2. The molecule has 0 radical (unpaired) electrons. The van der Waals surface area contributed by atoms with Crippen molar-refractivity contribution in [3.05, 3.63) is 65.0 Å². The zero-order valence-corrected chi connectivity index (χ0v) is 15.4. The molecular weight excluding hydrogens is 338 g/mol. The second-order valence-electron chi connectivity index (χ2n) is 7.14. The third kappa shape index (κ3) is 2.42. The van der Waals surface area contributed by atoms with Crippen molar-refractivity contribution in [3.63, 3.8) is 0 Å². The van der Waals surface area contributed by atoms with Crippen LogP contribution in [0, 0.1) is 6.92 Å². The van der Waals surface area contributed by atoms with Gasteiger partial charge in [0.1, 0.15) is 11.4 Å². The van der Waals surface area contributed by atoms with Crippen LogP contribution in [0.5, 0.6) is 5.75 Å². The summed E-state index contributed by atoms with van der Waals surface area (Å²) < 4.78 is 5.32. The molecule has 0 aliphatic carbocycles. The lowest BCUT2D eigenvalue weighted by Gasteiger charge is -2.27. The summed E-state index contributed by atoms with van der Waals surface area (Å²) in [5, 5.41) is 2.30. The number of aryl methyl sites for hydroxylation is 1. The molecule has 5 rings (SSSR count). The number of amides is 1. The maximum atomic E-state index is 13.2. The van der Waals surface area contributed by atoms with Gasteiger partial charge < -0.3 is 19.6 Å². The molecule has 2 aromatic heterocycles. The predicted octanol–water partition coefficient (Wildman–Crippen LogP) is 4.16. The smallest absolute Gasteiger partial charge is 0.270 e. The SMILES string of the molecule is COc1ccc2[nH]c(C(=O)N3CCc4c([nH]c5ccccc45)C3)c(C)c2c1. The molecule has 0 saturated heterocycles. The number of benzene rings is 2. The van der Waals surface area contributed by atoms with Crippen molar-refractivity contribution in [1.82, 2.24) is 14.9 Å². The average Bonchev–Trinajstić information content (AvgIpc) is 3.24. The summed E-state index contributed by atoms with van der Waals surface area (Å²) in [7, 11) is 1.65. The van der Waals surface area contributed by atoms with Crippen LogP contribution in [0.25, 0.3) is 21.8 Å². The number of fused-ring (bicyclic) bond motifs is 4. The maximum absolute atomic E-state index is 13.2. The Morgan fingerprint density at radius 3 is 2.74 bits per heavy atom. The van der Waals surface area contributed by atoms with Crippen molar-refractivity contribution in [3.8, 4) is 5.75 Å². The first-order valence-corrected chi connectivity index (χ1v) is 9.20. The van der Waals surface area contributed by atoms with Gasteiger partial charge in [-0.15, -0.1) is 0 Å². The van der Waals surface area contributed by atoms with Crippen molar-refractivity contribution < 1.29 is 9.53 Å². The summed E-state index contributed by atoms with van der Waals surface area (Å²) in [6.07, 6.45) is 0.873. The van der Waals surface area contributed by atoms with Gasteiger partial charge in [0, 0.05) is 34.0 Å². The van der Waals surface area contributed by atoms with Gasteiger partial charge in [-0.3, -0.25) is 4.79 Å². The van der Waals surface area contributed by atoms with E-state index < -0.39 is 0 Å². The lowest BCUT2D eigenvalue weighted by Crippen LogP contribution is -2.36. The fraction of sp³-hybridized carbons (Fsp3) is 0.227. The van der Waals surface area contributed by atoms with Crippen LogP contribution in [0.4, 0.5) is 0 Å². The highest BCUT2D eigenvalue weighted by atomic mass is 16.5. The molecule has 0 spiro atoms. The molecule has 0 atom stereocenters. The molecule has 1 aliphatic heterocycles. The van der Waals surface area contributed by atoms with Crippen LogP contribution in [0.1, 0.15) is 27.3 Å². The highest BCUT2D eigenvalue weighted by Crippen LogP contribution is 2.30. The first-order chi connectivity index (χ1) is 13.2. The highest BCUT2D eigenvalue weighted by molar-refractivity contribution is 6.01. The molecule has 2 N–H and O–H groups in total. The Hall–Kier alpha value is -3.21. The minimum absolute atomic E-state index is 0.0481. The molecule has 0 fully saturated rings. The van der Waals surface area contributed by atoms with E-state index in [1.54, 1.807) is 7.11 Å². The number of hydrogen-bond acceptors (Lipinski definition) is 2. The number of hydrogen-bond donors (Lipinski definition) is 2. The number of ether oxygens (including phenoxy) is 1. The largest absolute Gasteiger partial charge is 0.497 e. The van der Waals surface area contributed by atoms with Gasteiger partial charge in [-0.2, -0.15) is 0 Å². The highest BCUT2D eigenvalue weighted by Gasteiger charge is 2.27. The van der Waals surface area contributed by atoms with Gasteiger partial charge in [0.2, 0.25) is 0 Å². The molecule has 4 aromatic rings. The summed E-state index contributed by atoms with van der Waals surface area (Å²) in [5.41, 5.74) is 6.22. The quantitative estimate of drug-likeness (QED) is 0.564. The molecule has 5 nitrogen and oxygen atoms in total. The number of rotatable bonds is 2. The van der Waals surface area contributed by atoms with Crippen LogP contribution in [0.15, 0.2) is 42.5 Å². The van der Waals surface area contributed by atoms with Gasteiger partial charge in [0.15, 0.2) is 0 Å². The Balaban J connectivity index is 1.49. The first-order valence-electron chi connectivity index (χ1n) is 9.20. The number of H-pyrrole nitrogens is 2.